The Morgan fingerprint density at radius 3 is 1.00 bits per heavy atom. The van der Waals surface area contributed by atoms with E-state index < -0.39 is 0 Å². The van der Waals surface area contributed by atoms with Crippen molar-refractivity contribution in [2.45, 2.75) is 66.5 Å². The van der Waals surface area contributed by atoms with E-state index in [9.17, 15) is 15.3 Å². The second-order valence-corrected chi connectivity index (χ2v) is 12.1. The molecule has 9 heteroatoms. The number of nitrogens with zero attached hydrogens (tertiary/aromatic N) is 3. The Bertz CT molecular complexity index is 1320. The molecule has 1 aliphatic heterocycles. The van der Waals surface area contributed by atoms with Crippen LogP contribution in [-0.2, 0) is 39.3 Å². The van der Waals surface area contributed by atoms with Gasteiger partial charge in [-0.15, -0.1) is 0 Å². The van der Waals surface area contributed by atoms with Gasteiger partial charge in [-0.25, -0.2) is 0 Å². The van der Waals surface area contributed by atoms with Gasteiger partial charge < -0.3 is 32.5 Å². The molecule has 0 atom stereocenters. The van der Waals surface area contributed by atoms with Crippen molar-refractivity contribution in [1.29, 1.82) is 0 Å². The Balaban J connectivity index is 1.60. The topological polar surface area (TPSA) is 148 Å². The van der Waals surface area contributed by atoms with E-state index in [1.807, 2.05) is 57.2 Å². The van der Waals surface area contributed by atoms with Crippen LogP contribution in [0.15, 0.2) is 36.4 Å². The lowest BCUT2D eigenvalue weighted by Crippen LogP contribution is -2.42. The average molecular weight is 591 g/mol. The van der Waals surface area contributed by atoms with Crippen LogP contribution in [0.5, 0.6) is 17.2 Å². The molecule has 43 heavy (non-hydrogen) atoms. The molecular weight excluding hydrogens is 540 g/mol. The van der Waals surface area contributed by atoms with Crippen molar-refractivity contribution in [2.24, 2.45) is 17.2 Å². The summed E-state index contributed by atoms with van der Waals surface area (Å²) in [5.74, 6) is 0.846. The minimum absolute atomic E-state index is 0.275. The molecule has 0 spiro atoms. The molecule has 0 aliphatic carbocycles. The quantitative estimate of drug-likeness (QED) is 0.221. The highest BCUT2D eigenvalue weighted by Crippen LogP contribution is 2.29. The Morgan fingerprint density at radius 2 is 0.721 bits per heavy atom. The Kier molecular flexibility index (Phi) is 11.4. The van der Waals surface area contributed by atoms with Gasteiger partial charge in [-0.1, -0.05) is 53.1 Å². The van der Waals surface area contributed by atoms with Gasteiger partial charge in [0.2, 0.25) is 0 Å². The number of hydrogen-bond acceptors (Lipinski definition) is 9. The fourth-order valence-corrected chi connectivity index (χ4v) is 6.25. The standard InChI is InChI=1S/C34H50N6O3/c1-23-11-26(17-35)32(41)29(14-23)20-38-5-4-6-39(21-30-15-24(2)12-27(18-36)33(30)42)8-10-40(9-7-38)22-31-16-25(3)13-28(19-37)34(31)43/h11-16,41-43H,4-10,17-22,35-37H2,1-3H3. The predicted molar refractivity (Wildman–Crippen MR) is 173 cm³/mol. The highest BCUT2D eigenvalue weighted by Gasteiger charge is 2.20. The minimum Gasteiger partial charge on any atom is -0.507 e. The largest absolute Gasteiger partial charge is 0.507 e. The zero-order chi connectivity index (χ0) is 31.1. The van der Waals surface area contributed by atoms with Crippen molar-refractivity contribution in [3.05, 3.63) is 86.5 Å². The first-order chi connectivity index (χ1) is 20.6. The van der Waals surface area contributed by atoms with Crippen LogP contribution in [-0.4, -0.2) is 69.3 Å². The molecule has 9 nitrogen and oxygen atoms in total. The second-order valence-electron chi connectivity index (χ2n) is 12.1. The smallest absolute Gasteiger partial charge is 0.124 e. The van der Waals surface area contributed by atoms with Gasteiger partial charge in [0.1, 0.15) is 17.2 Å². The van der Waals surface area contributed by atoms with Crippen molar-refractivity contribution < 1.29 is 15.3 Å². The number of phenols is 3. The van der Waals surface area contributed by atoms with Crippen molar-refractivity contribution in [3.8, 4) is 17.2 Å². The molecule has 9 N–H and O–H groups in total. The molecule has 0 amide bonds. The van der Waals surface area contributed by atoms with E-state index in [-0.39, 0.29) is 23.8 Å². The van der Waals surface area contributed by atoms with Crippen LogP contribution in [0.2, 0.25) is 0 Å². The summed E-state index contributed by atoms with van der Waals surface area (Å²) in [5, 5.41) is 32.8. The first-order valence-electron chi connectivity index (χ1n) is 15.3. The van der Waals surface area contributed by atoms with Crippen LogP contribution < -0.4 is 17.2 Å². The lowest BCUT2D eigenvalue weighted by molar-refractivity contribution is 0.137. The van der Waals surface area contributed by atoms with E-state index in [1.54, 1.807) is 0 Å². The van der Waals surface area contributed by atoms with E-state index in [4.69, 9.17) is 17.2 Å². The monoisotopic (exact) mass is 590 g/mol. The molecule has 3 aromatic carbocycles. The van der Waals surface area contributed by atoms with Gasteiger partial charge in [0, 0.05) is 98.8 Å². The lowest BCUT2D eigenvalue weighted by Gasteiger charge is -2.33. The molecule has 0 aromatic heterocycles. The summed E-state index contributed by atoms with van der Waals surface area (Å²) < 4.78 is 0. The Hall–Kier alpha value is -3.18. The number of hydrogen-bond donors (Lipinski definition) is 6. The molecule has 1 aliphatic rings. The highest BCUT2D eigenvalue weighted by atomic mass is 16.3. The fourth-order valence-electron chi connectivity index (χ4n) is 6.25. The summed E-state index contributed by atoms with van der Waals surface area (Å²) in [4.78, 5) is 7.16. The van der Waals surface area contributed by atoms with Gasteiger partial charge >= 0.3 is 0 Å². The summed E-state index contributed by atoms with van der Waals surface area (Å²) in [6.07, 6.45) is 0.950. The van der Waals surface area contributed by atoms with E-state index in [0.717, 1.165) is 95.8 Å². The molecule has 4 rings (SSSR count). The third-order valence-corrected chi connectivity index (χ3v) is 8.49. The van der Waals surface area contributed by atoms with Crippen molar-refractivity contribution >= 4 is 0 Å². The zero-order valence-corrected chi connectivity index (χ0v) is 26.1. The number of rotatable bonds is 9. The number of nitrogens with two attached hydrogens (primary N) is 3. The third kappa shape index (κ3) is 8.47. The summed E-state index contributed by atoms with van der Waals surface area (Å²) in [5.41, 5.74) is 26.0. The first kappa shape index (κ1) is 32.7. The van der Waals surface area contributed by atoms with E-state index in [2.05, 4.69) is 14.7 Å². The van der Waals surface area contributed by atoms with Gasteiger partial charge in [-0.3, -0.25) is 14.7 Å². The highest BCUT2D eigenvalue weighted by molar-refractivity contribution is 5.45. The predicted octanol–water partition coefficient (Wildman–Crippen LogP) is 3.31. The summed E-state index contributed by atoms with van der Waals surface area (Å²) in [6, 6.07) is 12.0. The average Bonchev–Trinajstić information content (AvgIpc) is 2.98. The summed E-state index contributed by atoms with van der Waals surface area (Å²) in [6.45, 7) is 13.8. The van der Waals surface area contributed by atoms with Crippen molar-refractivity contribution in [3.63, 3.8) is 0 Å². The maximum atomic E-state index is 11.0. The molecule has 1 saturated heterocycles. The van der Waals surface area contributed by atoms with Crippen molar-refractivity contribution in [1.82, 2.24) is 14.7 Å². The number of benzene rings is 3. The number of aryl methyl sites for hydroxylation is 3. The van der Waals surface area contributed by atoms with Crippen LogP contribution in [0.1, 0.15) is 56.5 Å². The SMILES string of the molecule is Cc1cc(CN)c(O)c(CN2CCCN(Cc3cc(C)cc(CN)c3O)CCN(Cc3cc(C)cc(CN)c3O)CC2)c1. The molecule has 1 heterocycles. The summed E-state index contributed by atoms with van der Waals surface area (Å²) >= 11 is 0. The zero-order valence-electron chi connectivity index (χ0n) is 26.1. The van der Waals surface area contributed by atoms with Gasteiger partial charge in [-0.05, 0) is 40.3 Å². The summed E-state index contributed by atoms with van der Waals surface area (Å²) in [7, 11) is 0. The number of aromatic hydroxyl groups is 3. The lowest BCUT2D eigenvalue weighted by atomic mass is 10.0. The Labute approximate surface area is 256 Å². The third-order valence-electron chi connectivity index (χ3n) is 8.49. The fraction of sp³-hybridized carbons (Fsp3) is 0.471. The maximum Gasteiger partial charge on any atom is 0.124 e. The van der Waals surface area contributed by atoms with Crippen LogP contribution in [0.3, 0.4) is 0 Å². The van der Waals surface area contributed by atoms with Crippen LogP contribution in [0, 0.1) is 20.8 Å². The maximum absolute atomic E-state index is 11.0. The van der Waals surface area contributed by atoms with Gasteiger partial charge in [0.05, 0.1) is 0 Å². The molecule has 1 fully saturated rings. The molecule has 3 aromatic rings. The van der Waals surface area contributed by atoms with Crippen LogP contribution in [0.4, 0.5) is 0 Å². The van der Waals surface area contributed by atoms with Gasteiger partial charge in [0.15, 0.2) is 0 Å². The normalized spacial score (nSPS) is 16.0. The second kappa shape index (κ2) is 15.0. The molecule has 0 radical (unpaired) electrons. The van der Waals surface area contributed by atoms with Gasteiger partial charge in [-0.2, -0.15) is 0 Å². The minimum atomic E-state index is 0.275. The molecule has 0 unspecified atom stereocenters. The van der Waals surface area contributed by atoms with Crippen molar-refractivity contribution in [2.75, 3.05) is 39.3 Å². The number of phenolic OH excluding ortho intramolecular Hbond substituents is 3. The van der Waals surface area contributed by atoms with E-state index in [1.165, 1.54) is 0 Å². The van der Waals surface area contributed by atoms with E-state index >= 15 is 0 Å². The molecule has 0 saturated carbocycles. The molecular formula is C34H50N6O3. The van der Waals surface area contributed by atoms with Gasteiger partial charge in [0.25, 0.3) is 0 Å². The van der Waals surface area contributed by atoms with Crippen LogP contribution >= 0.6 is 0 Å². The van der Waals surface area contributed by atoms with E-state index in [0.29, 0.717) is 32.7 Å². The first-order valence-corrected chi connectivity index (χ1v) is 15.3. The van der Waals surface area contributed by atoms with Crippen LogP contribution in [0.25, 0.3) is 0 Å². The Morgan fingerprint density at radius 1 is 0.465 bits per heavy atom. The molecule has 0 bridgehead atoms. The molecule has 234 valence electrons.